The lowest BCUT2D eigenvalue weighted by atomic mass is 10.00. The number of amides is 3. The molecule has 4 atom stereocenters. The molecule has 8 N–H and O–H groups in total. The zero-order valence-corrected chi connectivity index (χ0v) is 23.6. The van der Waals surface area contributed by atoms with E-state index in [1.54, 1.807) is 12.1 Å². The van der Waals surface area contributed by atoms with Gasteiger partial charge in [-0.3, -0.25) is 14.4 Å². The van der Waals surface area contributed by atoms with Gasteiger partial charge in [-0.2, -0.15) is 0 Å². The van der Waals surface area contributed by atoms with Crippen molar-refractivity contribution in [3.8, 4) is 5.75 Å². The lowest BCUT2D eigenvalue weighted by Gasteiger charge is -2.26. The van der Waals surface area contributed by atoms with Gasteiger partial charge in [-0.1, -0.05) is 56.3 Å². The summed E-state index contributed by atoms with van der Waals surface area (Å²) in [5, 5.41) is 27.1. The number of benzene rings is 2. The van der Waals surface area contributed by atoms with Gasteiger partial charge in [-0.25, -0.2) is 9.78 Å². The number of carboxylic acids is 1. The summed E-state index contributed by atoms with van der Waals surface area (Å²) in [7, 11) is 0. The summed E-state index contributed by atoms with van der Waals surface area (Å²) < 4.78 is 0. The van der Waals surface area contributed by atoms with E-state index in [0.717, 1.165) is 11.1 Å². The largest absolute Gasteiger partial charge is 0.508 e. The third-order valence-electron chi connectivity index (χ3n) is 6.58. The SMILES string of the molecule is CC(C)CC(NC(=O)C(Cc1ccccc1)NC(=O)C(N)Cc1ccc(O)cc1)C(=O)NC(Cc1cnc[nH]1)C(=O)O. The fourth-order valence-corrected chi connectivity index (χ4v) is 4.38. The van der Waals surface area contributed by atoms with Gasteiger partial charge in [0.15, 0.2) is 0 Å². The molecule has 0 saturated carbocycles. The highest BCUT2D eigenvalue weighted by Crippen LogP contribution is 2.12. The molecule has 0 aliphatic carbocycles. The summed E-state index contributed by atoms with van der Waals surface area (Å²) in [5.74, 6) is -2.98. The molecule has 12 nitrogen and oxygen atoms in total. The predicted octanol–water partition coefficient (Wildman–Crippen LogP) is 1.06. The quantitative estimate of drug-likeness (QED) is 0.139. The highest BCUT2D eigenvalue weighted by atomic mass is 16.4. The number of H-pyrrole nitrogens is 1. The summed E-state index contributed by atoms with van der Waals surface area (Å²) in [6.07, 6.45) is 3.42. The number of phenolic OH excluding ortho intramolecular Hbond substituents is 1. The number of hydrogen-bond acceptors (Lipinski definition) is 7. The molecule has 3 amide bonds. The van der Waals surface area contributed by atoms with Crippen LogP contribution in [0, 0.1) is 5.92 Å². The van der Waals surface area contributed by atoms with Crippen molar-refractivity contribution in [3.05, 3.63) is 83.9 Å². The van der Waals surface area contributed by atoms with E-state index in [-0.39, 0.29) is 37.4 Å². The monoisotopic (exact) mass is 578 g/mol. The van der Waals surface area contributed by atoms with Gasteiger partial charge in [0.1, 0.15) is 23.9 Å². The van der Waals surface area contributed by atoms with Crippen LogP contribution in [0.1, 0.15) is 37.1 Å². The summed E-state index contributed by atoms with van der Waals surface area (Å²) in [6.45, 7) is 3.74. The Balaban J connectivity index is 1.75. The van der Waals surface area contributed by atoms with Gasteiger partial charge in [-0.15, -0.1) is 0 Å². The number of rotatable bonds is 15. The second-order valence-electron chi connectivity index (χ2n) is 10.6. The molecule has 224 valence electrons. The van der Waals surface area contributed by atoms with Gasteiger partial charge in [0, 0.05) is 24.7 Å². The van der Waals surface area contributed by atoms with Gasteiger partial charge in [0.05, 0.1) is 12.4 Å². The number of hydrogen-bond donors (Lipinski definition) is 7. The average Bonchev–Trinajstić information content (AvgIpc) is 3.46. The van der Waals surface area contributed by atoms with Crippen LogP contribution in [0.2, 0.25) is 0 Å². The minimum atomic E-state index is -1.25. The van der Waals surface area contributed by atoms with Crippen molar-refractivity contribution in [2.45, 2.75) is 63.7 Å². The minimum Gasteiger partial charge on any atom is -0.508 e. The number of aromatic amines is 1. The second kappa shape index (κ2) is 15.3. The number of phenols is 1. The molecule has 0 saturated heterocycles. The van der Waals surface area contributed by atoms with Gasteiger partial charge in [0.25, 0.3) is 0 Å². The molecule has 0 spiro atoms. The number of aromatic hydroxyl groups is 1. The van der Waals surface area contributed by atoms with E-state index >= 15 is 0 Å². The number of aromatic nitrogens is 2. The molecule has 0 bridgehead atoms. The number of imidazole rings is 1. The first-order valence-electron chi connectivity index (χ1n) is 13.7. The number of carbonyl (C=O) groups excluding carboxylic acids is 3. The first-order chi connectivity index (χ1) is 20.0. The summed E-state index contributed by atoms with van der Waals surface area (Å²) in [5.41, 5.74) is 8.19. The Kier molecular flexibility index (Phi) is 11.6. The first kappa shape index (κ1) is 31.8. The molecule has 1 aromatic heterocycles. The predicted molar refractivity (Wildman–Crippen MR) is 155 cm³/mol. The maximum Gasteiger partial charge on any atom is 0.326 e. The van der Waals surface area contributed by atoms with Crippen LogP contribution in [0.5, 0.6) is 5.75 Å². The van der Waals surface area contributed by atoms with E-state index in [1.165, 1.54) is 24.7 Å². The molecule has 42 heavy (non-hydrogen) atoms. The Bertz CT molecular complexity index is 1310. The van der Waals surface area contributed by atoms with E-state index in [4.69, 9.17) is 5.73 Å². The fourth-order valence-electron chi connectivity index (χ4n) is 4.38. The third kappa shape index (κ3) is 10.0. The first-order valence-corrected chi connectivity index (χ1v) is 13.7. The maximum absolute atomic E-state index is 13.6. The minimum absolute atomic E-state index is 0.0159. The van der Waals surface area contributed by atoms with Gasteiger partial charge in [-0.05, 0) is 42.0 Å². The van der Waals surface area contributed by atoms with Crippen LogP contribution in [0.15, 0.2) is 67.1 Å². The highest BCUT2D eigenvalue weighted by molar-refractivity contribution is 5.94. The fraction of sp³-hybridized carbons (Fsp3) is 0.367. The zero-order chi connectivity index (χ0) is 30.6. The van der Waals surface area contributed by atoms with Gasteiger partial charge in [0.2, 0.25) is 17.7 Å². The zero-order valence-electron chi connectivity index (χ0n) is 23.6. The molecule has 1 heterocycles. The van der Waals surface area contributed by atoms with E-state index in [0.29, 0.717) is 5.69 Å². The molecular weight excluding hydrogens is 540 g/mol. The van der Waals surface area contributed by atoms with Gasteiger partial charge >= 0.3 is 5.97 Å². The van der Waals surface area contributed by atoms with E-state index < -0.39 is 47.9 Å². The Morgan fingerprint density at radius 1 is 0.810 bits per heavy atom. The lowest BCUT2D eigenvalue weighted by molar-refractivity contribution is -0.142. The van der Waals surface area contributed by atoms with Crippen LogP contribution in [0.4, 0.5) is 0 Å². The average molecular weight is 579 g/mol. The van der Waals surface area contributed by atoms with Crippen molar-refractivity contribution in [2.24, 2.45) is 11.7 Å². The number of nitrogens with zero attached hydrogens (tertiary/aromatic N) is 1. The second-order valence-corrected chi connectivity index (χ2v) is 10.6. The number of nitrogens with two attached hydrogens (primary N) is 1. The molecule has 0 fully saturated rings. The Morgan fingerprint density at radius 2 is 1.40 bits per heavy atom. The number of nitrogens with one attached hydrogen (secondary N) is 4. The maximum atomic E-state index is 13.6. The number of aliphatic carboxylic acids is 1. The van der Waals surface area contributed by atoms with Crippen molar-refractivity contribution in [1.82, 2.24) is 25.9 Å². The molecule has 4 unspecified atom stereocenters. The van der Waals surface area contributed by atoms with E-state index in [2.05, 4.69) is 25.9 Å². The molecular formula is C30H38N6O6. The van der Waals surface area contributed by atoms with Crippen molar-refractivity contribution < 1.29 is 29.4 Å². The number of carbonyl (C=O) groups is 4. The smallest absolute Gasteiger partial charge is 0.326 e. The van der Waals surface area contributed by atoms with Crippen LogP contribution >= 0.6 is 0 Å². The van der Waals surface area contributed by atoms with E-state index in [1.807, 2.05) is 44.2 Å². The lowest BCUT2D eigenvalue weighted by Crippen LogP contribution is -2.58. The van der Waals surface area contributed by atoms with Crippen LogP contribution in [-0.4, -0.2) is 68.0 Å². The van der Waals surface area contributed by atoms with Crippen molar-refractivity contribution in [3.63, 3.8) is 0 Å². The highest BCUT2D eigenvalue weighted by Gasteiger charge is 2.31. The summed E-state index contributed by atoms with van der Waals surface area (Å²) >= 11 is 0. The van der Waals surface area contributed by atoms with Crippen molar-refractivity contribution >= 4 is 23.7 Å². The Labute approximate surface area is 244 Å². The summed E-state index contributed by atoms with van der Waals surface area (Å²) in [6, 6.07) is 11.0. The molecule has 0 radical (unpaired) electrons. The van der Waals surface area contributed by atoms with Crippen molar-refractivity contribution in [1.29, 1.82) is 0 Å². The topological polar surface area (TPSA) is 200 Å². The van der Waals surface area contributed by atoms with Crippen LogP contribution in [-0.2, 0) is 38.4 Å². The molecule has 2 aromatic carbocycles. The molecule has 12 heteroatoms. The Hall–Kier alpha value is -4.71. The van der Waals surface area contributed by atoms with E-state index in [9.17, 15) is 29.4 Å². The number of carboxylic acid groups (broad SMARTS) is 1. The third-order valence-corrected chi connectivity index (χ3v) is 6.58. The van der Waals surface area contributed by atoms with Crippen molar-refractivity contribution in [2.75, 3.05) is 0 Å². The van der Waals surface area contributed by atoms with Crippen LogP contribution in [0.25, 0.3) is 0 Å². The normalized spacial score (nSPS) is 13.9. The van der Waals surface area contributed by atoms with Crippen LogP contribution < -0.4 is 21.7 Å². The summed E-state index contributed by atoms with van der Waals surface area (Å²) in [4.78, 5) is 58.4. The van der Waals surface area contributed by atoms with Gasteiger partial charge < -0.3 is 36.9 Å². The van der Waals surface area contributed by atoms with Crippen LogP contribution in [0.3, 0.4) is 0 Å². The molecule has 0 aliphatic heterocycles. The Morgan fingerprint density at radius 3 is 2.00 bits per heavy atom. The molecule has 0 aliphatic rings. The molecule has 3 aromatic rings. The molecule has 3 rings (SSSR count). The standard InChI is InChI=1S/C30H38N6O6/c1-18(2)12-24(28(39)36-26(30(41)42)15-21-16-32-17-33-21)35-29(40)25(14-19-6-4-3-5-7-19)34-27(38)23(31)13-20-8-10-22(37)11-9-20/h3-11,16-18,23-26,37H,12-15,31H2,1-2H3,(H,32,33)(H,34,38)(H,35,40)(H,36,39)(H,41,42).